The van der Waals surface area contributed by atoms with Gasteiger partial charge < -0.3 is 4.74 Å². The molecular formula is C49H39N3O. The van der Waals surface area contributed by atoms with E-state index in [0.717, 1.165) is 51.7 Å². The predicted octanol–water partition coefficient (Wildman–Crippen LogP) is 11.1. The van der Waals surface area contributed by atoms with Crippen LogP contribution in [0, 0.1) is 23.7 Å². The summed E-state index contributed by atoms with van der Waals surface area (Å²) in [4.78, 5) is 15.1. The minimum atomic E-state index is -0.134. The summed E-state index contributed by atoms with van der Waals surface area (Å²) < 4.78 is 7.11. The highest BCUT2D eigenvalue weighted by Gasteiger charge is 2.61. The minimum Gasteiger partial charge on any atom is -0.483 e. The molecule has 2 unspecified atom stereocenters. The van der Waals surface area contributed by atoms with Gasteiger partial charge in [0, 0.05) is 33.6 Å². The number of nitrogens with zero attached hydrogens (tertiary/aromatic N) is 3. The zero-order valence-corrected chi connectivity index (χ0v) is 29.5. The summed E-state index contributed by atoms with van der Waals surface area (Å²) in [7, 11) is 0. The molecule has 6 aliphatic carbocycles. The summed E-state index contributed by atoms with van der Waals surface area (Å²) in [5.41, 5.74) is 12.8. The van der Waals surface area contributed by atoms with Crippen molar-refractivity contribution in [2.45, 2.75) is 49.5 Å². The second-order valence-electron chi connectivity index (χ2n) is 16.3. The summed E-state index contributed by atoms with van der Waals surface area (Å²) >= 11 is 0. The third-order valence-electron chi connectivity index (χ3n) is 13.7. The first-order valence-corrected chi connectivity index (χ1v) is 19.5. The number of ether oxygens (including phenoxy) is 1. The molecule has 0 amide bonds. The molecule has 4 saturated carbocycles. The van der Waals surface area contributed by atoms with Gasteiger partial charge in [-0.25, -0.2) is 15.0 Å². The number of aromatic nitrogens is 3. The molecule has 2 atom stereocenters. The van der Waals surface area contributed by atoms with Gasteiger partial charge in [-0.15, -0.1) is 0 Å². The molecule has 4 nitrogen and oxygen atoms in total. The van der Waals surface area contributed by atoms with Gasteiger partial charge in [0.05, 0.1) is 5.56 Å². The Labute approximate surface area is 310 Å². The first kappa shape index (κ1) is 29.9. The molecule has 1 aliphatic heterocycles. The first-order chi connectivity index (χ1) is 26.2. The van der Waals surface area contributed by atoms with Gasteiger partial charge in [0.1, 0.15) is 11.9 Å². The van der Waals surface area contributed by atoms with E-state index in [0.29, 0.717) is 17.5 Å². The van der Waals surface area contributed by atoms with Crippen LogP contribution in [0.2, 0.25) is 0 Å². The Morgan fingerprint density at radius 1 is 0.528 bits per heavy atom. The van der Waals surface area contributed by atoms with Crippen molar-refractivity contribution in [1.29, 1.82) is 0 Å². The Balaban J connectivity index is 0.943. The fourth-order valence-electron chi connectivity index (χ4n) is 11.8. The van der Waals surface area contributed by atoms with Crippen LogP contribution in [0.5, 0.6) is 5.75 Å². The maximum Gasteiger partial charge on any atom is 0.167 e. The molecule has 4 fully saturated rings. The molecule has 1 spiro atoms. The number of hydrogen-bond acceptors (Lipinski definition) is 4. The van der Waals surface area contributed by atoms with Gasteiger partial charge in [-0.2, -0.15) is 0 Å². The van der Waals surface area contributed by atoms with Crippen molar-refractivity contribution in [2.24, 2.45) is 23.7 Å². The average molecular weight is 686 g/mol. The van der Waals surface area contributed by atoms with E-state index in [2.05, 4.69) is 103 Å². The number of fused-ring (bicyclic) bond motifs is 6. The molecular weight excluding hydrogens is 647 g/mol. The Morgan fingerprint density at radius 2 is 1.13 bits per heavy atom. The Morgan fingerprint density at radius 3 is 1.85 bits per heavy atom. The second kappa shape index (κ2) is 11.2. The molecule has 0 N–H and O–H groups in total. The molecule has 13 rings (SSSR count). The van der Waals surface area contributed by atoms with Crippen LogP contribution in [-0.2, 0) is 5.41 Å². The largest absolute Gasteiger partial charge is 0.483 e. The fourth-order valence-corrected chi connectivity index (χ4v) is 11.8. The van der Waals surface area contributed by atoms with Crippen LogP contribution in [0.1, 0.15) is 60.3 Å². The van der Waals surface area contributed by atoms with Gasteiger partial charge >= 0.3 is 0 Å². The molecule has 53 heavy (non-hydrogen) atoms. The number of para-hydroxylation sites is 1. The lowest BCUT2D eigenvalue weighted by Gasteiger charge is -2.61. The van der Waals surface area contributed by atoms with Gasteiger partial charge in [0.25, 0.3) is 0 Å². The van der Waals surface area contributed by atoms with Crippen LogP contribution >= 0.6 is 0 Å². The van der Waals surface area contributed by atoms with Crippen LogP contribution in [0.4, 0.5) is 0 Å². The molecule has 6 aromatic rings. The number of benzene rings is 5. The molecule has 4 heteroatoms. The molecule has 0 saturated heterocycles. The van der Waals surface area contributed by atoms with Crippen molar-refractivity contribution in [2.75, 3.05) is 0 Å². The van der Waals surface area contributed by atoms with Crippen molar-refractivity contribution in [3.8, 4) is 51.0 Å². The number of allylic oxidation sites excluding steroid dienone is 2. The van der Waals surface area contributed by atoms with Gasteiger partial charge in [-0.1, -0.05) is 133 Å². The lowest BCUT2D eigenvalue weighted by molar-refractivity contribution is -0.0399. The van der Waals surface area contributed by atoms with E-state index in [4.69, 9.17) is 19.7 Å². The molecule has 4 bridgehead atoms. The smallest absolute Gasteiger partial charge is 0.167 e. The van der Waals surface area contributed by atoms with Crippen LogP contribution < -0.4 is 4.74 Å². The van der Waals surface area contributed by atoms with E-state index in [9.17, 15) is 0 Å². The predicted molar refractivity (Wildman–Crippen MR) is 210 cm³/mol. The Hall–Kier alpha value is -5.61. The maximum atomic E-state index is 7.11. The van der Waals surface area contributed by atoms with Gasteiger partial charge in [0.2, 0.25) is 0 Å². The third-order valence-corrected chi connectivity index (χ3v) is 13.7. The summed E-state index contributed by atoms with van der Waals surface area (Å²) in [5.74, 6) is 6.26. The third kappa shape index (κ3) is 4.27. The second-order valence-corrected chi connectivity index (χ2v) is 16.3. The topological polar surface area (TPSA) is 47.9 Å². The summed E-state index contributed by atoms with van der Waals surface area (Å²) in [6.07, 6.45) is 13.8. The van der Waals surface area contributed by atoms with Crippen molar-refractivity contribution in [1.82, 2.24) is 15.0 Å². The molecule has 1 aromatic heterocycles. The zero-order chi connectivity index (χ0) is 34.7. The highest BCUT2D eigenvalue weighted by atomic mass is 16.5. The van der Waals surface area contributed by atoms with E-state index < -0.39 is 0 Å². The van der Waals surface area contributed by atoms with E-state index in [1.807, 2.05) is 36.4 Å². The number of hydrogen-bond donors (Lipinski definition) is 0. The van der Waals surface area contributed by atoms with Gasteiger partial charge in [0.15, 0.2) is 17.5 Å². The van der Waals surface area contributed by atoms with Gasteiger partial charge in [-0.05, 0) is 89.7 Å². The van der Waals surface area contributed by atoms with E-state index >= 15 is 0 Å². The van der Waals surface area contributed by atoms with E-state index in [1.54, 1.807) is 11.1 Å². The average Bonchev–Trinajstić information content (AvgIpc) is 3.74. The summed E-state index contributed by atoms with van der Waals surface area (Å²) in [5, 5.41) is 0. The normalized spacial score (nSPS) is 27.9. The van der Waals surface area contributed by atoms with Crippen LogP contribution in [0.3, 0.4) is 0 Å². The van der Waals surface area contributed by atoms with E-state index in [-0.39, 0.29) is 17.4 Å². The molecule has 0 radical (unpaired) electrons. The lowest BCUT2D eigenvalue weighted by atomic mass is 9.43. The van der Waals surface area contributed by atoms with Gasteiger partial charge in [-0.3, -0.25) is 0 Å². The van der Waals surface area contributed by atoms with Crippen molar-refractivity contribution >= 4 is 5.57 Å². The van der Waals surface area contributed by atoms with Crippen molar-refractivity contribution in [3.63, 3.8) is 0 Å². The SMILES string of the molecule is C1=CC(c2ccc3c(c2)-c2ccccc2C32C3CC4CC(C3)CC2C4)C2Oc3c(cccc3-c3nc(-c4ccccc4)nc(-c4ccccc4)n3)C2=C1. The molecule has 2 heterocycles. The Kier molecular flexibility index (Phi) is 6.32. The van der Waals surface area contributed by atoms with Crippen molar-refractivity contribution in [3.05, 3.63) is 162 Å². The summed E-state index contributed by atoms with van der Waals surface area (Å²) in [6, 6.07) is 43.6. The monoisotopic (exact) mass is 685 g/mol. The quantitative estimate of drug-likeness (QED) is 0.185. The van der Waals surface area contributed by atoms with Crippen LogP contribution in [0.25, 0.3) is 50.9 Å². The first-order valence-electron chi connectivity index (χ1n) is 19.5. The minimum absolute atomic E-state index is 0.0841. The maximum absolute atomic E-state index is 7.11. The van der Waals surface area contributed by atoms with Crippen LogP contribution in [0.15, 0.2) is 140 Å². The number of rotatable bonds is 4. The summed E-state index contributed by atoms with van der Waals surface area (Å²) in [6.45, 7) is 0. The lowest BCUT2D eigenvalue weighted by Crippen LogP contribution is -2.55. The molecule has 5 aromatic carbocycles. The van der Waals surface area contributed by atoms with Crippen molar-refractivity contribution < 1.29 is 4.74 Å². The van der Waals surface area contributed by atoms with E-state index in [1.165, 1.54) is 54.4 Å². The highest BCUT2D eigenvalue weighted by molar-refractivity contribution is 5.87. The Bertz CT molecular complexity index is 2430. The highest BCUT2D eigenvalue weighted by Crippen LogP contribution is 2.69. The van der Waals surface area contributed by atoms with Crippen LogP contribution in [-0.4, -0.2) is 21.1 Å². The molecule has 7 aliphatic rings. The molecule has 256 valence electrons. The zero-order valence-electron chi connectivity index (χ0n) is 29.5. The standard InChI is InChI=1S/C49H39N3O/c1-3-11-31(12-4-1)46-50-47(32-13-5-2-6-14-32)52-48(51-46)40-19-10-18-39-38-17-9-16-36(44(38)53-45(39)40)33-21-22-43-41(28-33)37-15-7-8-20-42(37)49(43)34-24-29-23-30(26-34)27-35(49)25-29/h1-22,28-30,34-36,44H,23-27H2. The fraction of sp³-hybridized carbons (Fsp3) is 0.245.